The zero-order valence-corrected chi connectivity index (χ0v) is 32.2. The molecule has 0 fully saturated rings. The summed E-state index contributed by atoms with van der Waals surface area (Å²) in [6.45, 7) is 2.81. The molecule has 16 nitrogen and oxygen atoms in total. The minimum absolute atomic E-state index is 0.0404. The molecule has 0 aromatic heterocycles. The molecule has 19 heteroatoms. The summed E-state index contributed by atoms with van der Waals surface area (Å²) in [6.07, 6.45) is 1.05. The number of benzene rings is 2. The molecule has 7 N–H and O–H groups in total. The Hall–Kier alpha value is -4.07. The van der Waals surface area contributed by atoms with E-state index < -0.39 is 82.7 Å². The Labute approximate surface area is 313 Å². The molecule has 0 aliphatic heterocycles. The number of amides is 4. The number of carbonyl (C=O) groups is 6. The molecule has 0 unspecified atom stereocenters. The summed E-state index contributed by atoms with van der Waals surface area (Å²) in [6, 6.07) is 4.75. The van der Waals surface area contributed by atoms with Crippen molar-refractivity contribution in [1.29, 1.82) is 0 Å². The van der Waals surface area contributed by atoms with Crippen molar-refractivity contribution in [2.24, 2.45) is 5.92 Å². The molecule has 0 aliphatic carbocycles. The molecule has 2 rings (SSSR count). The number of rotatable bonds is 22. The van der Waals surface area contributed by atoms with Crippen molar-refractivity contribution in [3.05, 3.63) is 36.4 Å². The molecule has 0 saturated carbocycles. The number of carbonyl (C=O) groups excluding carboxylic acids is 4. The van der Waals surface area contributed by atoms with Gasteiger partial charge in [-0.3, -0.25) is 24.0 Å². The highest BCUT2D eigenvalue weighted by Crippen LogP contribution is 2.30. The largest absolute Gasteiger partial charge is 0.481 e. The maximum absolute atomic E-state index is 13.4. The lowest BCUT2D eigenvalue weighted by atomic mass is 10.0. The fourth-order valence-corrected chi connectivity index (χ4v) is 7.05. The lowest BCUT2D eigenvalue weighted by Crippen LogP contribution is -2.58. The van der Waals surface area contributed by atoms with E-state index in [4.69, 9.17) is 0 Å². The topological polar surface area (TPSA) is 240 Å². The number of carboxylic acid groups (broad SMARTS) is 2. The first kappa shape index (κ1) is 44.1. The quantitative estimate of drug-likeness (QED) is 0.0774. The maximum Gasteiger partial charge on any atom is 0.326 e. The molecule has 4 atom stereocenters. The van der Waals surface area contributed by atoms with E-state index in [0.29, 0.717) is 16.5 Å². The van der Waals surface area contributed by atoms with Crippen LogP contribution in [-0.4, -0.2) is 117 Å². The minimum Gasteiger partial charge on any atom is -0.481 e. The third-order valence-electron chi connectivity index (χ3n) is 7.73. The van der Waals surface area contributed by atoms with E-state index in [9.17, 15) is 47.4 Å². The van der Waals surface area contributed by atoms with Gasteiger partial charge in [0.2, 0.25) is 33.7 Å². The normalized spacial score (nSPS) is 13.8. The van der Waals surface area contributed by atoms with Crippen molar-refractivity contribution in [2.75, 3.05) is 43.3 Å². The van der Waals surface area contributed by atoms with Gasteiger partial charge in [-0.2, -0.15) is 24.4 Å². The summed E-state index contributed by atoms with van der Waals surface area (Å²) in [7, 11) is -0.524. The Bertz CT molecular complexity index is 1710. The van der Waals surface area contributed by atoms with Crippen molar-refractivity contribution in [1.82, 2.24) is 26.0 Å². The second-order valence-electron chi connectivity index (χ2n) is 12.5. The number of fused-ring (bicyclic) bond motifs is 1. The van der Waals surface area contributed by atoms with Crippen LogP contribution in [0.15, 0.2) is 41.3 Å². The summed E-state index contributed by atoms with van der Waals surface area (Å²) in [4.78, 5) is 77.4. The van der Waals surface area contributed by atoms with Crippen LogP contribution in [0.5, 0.6) is 0 Å². The van der Waals surface area contributed by atoms with Gasteiger partial charge in [-0.05, 0) is 49.3 Å². The van der Waals surface area contributed by atoms with Crippen molar-refractivity contribution >= 4 is 86.4 Å². The van der Waals surface area contributed by atoms with E-state index in [-0.39, 0.29) is 35.8 Å². The second-order valence-corrected chi connectivity index (χ2v) is 15.6. The number of nitrogens with zero attached hydrogens (tertiary/aromatic N) is 1. The number of hydrogen-bond acceptors (Lipinski definition) is 11. The monoisotopic (exact) mass is 784 g/mol. The first-order valence-corrected chi connectivity index (χ1v) is 19.9. The summed E-state index contributed by atoms with van der Waals surface area (Å²) in [5.74, 6) is -5.91. The predicted molar refractivity (Wildman–Crippen MR) is 202 cm³/mol. The Morgan fingerprint density at radius 2 is 1.37 bits per heavy atom. The summed E-state index contributed by atoms with van der Waals surface area (Å²) < 4.78 is 28.8. The number of nitrogens with one attached hydrogen (secondary N) is 5. The van der Waals surface area contributed by atoms with Gasteiger partial charge in [-0.25, -0.2) is 17.9 Å². The SMILES string of the molecule is CSCC[C@H](NC(=O)[C@H](CS)NC(=O)CNS(=O)(=O)c1cccc2c(N(C)C)cccc12)C(=O)N[C@@H](CCC(=O)O)C(=O)N[C@@H](CC(C)C)C(=O)O. The average Bonchev–Trinajstić information content (AvgIpc) is 3.08. The highest BCUT2D eigenvalue weighted by Gasteiger charge is 2.32. The highest BCUT2D eigenvalue weighted by molar-refractivity contribution is 7.98. The highest BCUT2D eigenvalue weighted by atomic mass is 32.2. The van der Waals surface area contributed by atoms with E-state index in [1.54, 1.807) is 44.4 Å². The molecule has 288 valence electrons. The summed E-state index contributed by atoms with van der Waals surface area (Å²) in [5.41, 5.74) is 0.798. The van der Waals surface area contributed by atoms with Gasteiger partial charge in [-0.1, -0.05) is 38.1 Å². The minimum atomic E-state index is -4.18. The Morgan fingerprint density at radius 3 is 1.90 bits per heavy atom. The Kier molecular flexibility index (Phi) is 17.7. The molecule has 0 heterocycles. The molecule has 0 radical (unpaired) electrons. The summed E-state index contributed by atoms with van der Waals surface area (Å²) in [5, 5.41) is 29.6. The van der Waals surface area contributed by atoms with Crippen molar-refractivity contribution < 1.29 is 47.4 Å². The molecular weight excluding hydrogens is 737 g/mol. The van der Waals surface area contributed by atoms with Crippen LogP contribution in [0.2, 0.25) is 0 Å². The maximum atomic E-state index is 13.4. The number of sulfonamides is 1. The van der Waals surface area contributed by atoms with Gasteiger partial charge in [-0.15, -0.1) is 0 Å². The van der Waals surface area contributed by atoms with Gasteiger partial charge >= 0.3 is 11.9 Å². The third kappa shape index (κ3) is 13.5. The van der Waals surface area contributed by atoms with Gasteiger partial charge in [0.05, 0.1) is 11.4 Å². The molecule has 0 spiro atoms. The number of carboxylic acids is 2. The molecule has 0 aliphatic rings. The molecule has 2 aromatic rings. The van der Waals surface area contributed by atoms with Crippen LogP contribution in [0.4, 0.5) is 5.69 Å². The van der Waals surface area contributed by atoms with Crippen molar-refractivity contribution in [3.8, 4) is 0 Å². The Balaban J connectivity index is 2.16. The molecule has 2 aromatic carbocycles. The van der Waals surface area contributed by atoms with Gasteiger partial charge in [0.25, 0.3) is 0 Å². The third-order valence-corrected chi connectivity index (χ3v) is 10.2. The van der Waals surface area contributed by atoms with Crippen LogP contribution in [-0.2, 0) is 38.8 Å². The fraction of sp³-hybridized carbons (Fsp3) is 0.515. The average molecular weight is 785 g/mol. The fourth-order valence-electron chi connectivity index (χ4n) is 5.12. The first-order chi connectivity index (χ1) is 24.4. The van der Waals surface area contributed by atoms with E-state index in [0.717, 1.165) is 5.69 Å². The van der Waals surface area contributed by atoms with E-state index in [1.165, 1.54) is 17.8 Å². The molecule has 52 heavy (non-hydrogen) atoms. The van der Waals surface area contributed by atoms with Gasteiger partial charge < -0.3 is 36.4 Å². The predicted octanol–water partition coefficient (Wildman–Crippen LogP) is 0.802. The number of anilines is 1. The molecule has 0 bridgehead atoms. The van der Waals surface area contributed by atoms with Crippen LogP contribution >= 0.6 is 24.4 Å². The summed E-state index contributed by atoms with van der Waals surface area (Å²) >= 11 is 5.50. The molecule has 4 amide bonds. The van der Waals surface area contributed by atoms with Crippen LogP contribution in [0.25, 0.3) is 10.8 Å². The number of hydrogen-bond donors (Lipinski definition) is 8. The number of thioether (sulfide) groups is 1. The van der Waals surface area contributed by atoms with Crippen LogP contribution in [0.1, 0.15) is 39.5 Å². The Morgan fingerprint density at radius 1 is 0.808 bits per heavy atom. The smallest absolute Gasteiger partial charge is 0.326 e. The van der Waals surface area contributed by atoms with E-state index in [2.05, 4.69) is 38.6 Å². The van der Waals surface area contributed by atoms with E-state index >= 15 is 0 Å². The molecular formula is C33H48N6O10S3. The number of thiol groups is 1. The van der Waals surface area contributed by atoms with Gasteiger partial charge in [0.1, 0.15) is 24.2 Å². The van der Waals surface area contributed by atoms with Crippen LogP contribution in [0.3, 0.4) is 0 Å². The standard InChI is InChI=1S/C33H48N6O10S3/c1-19(2)16-24(33(46)47)38-30(43)22(12-13-29(41)42)36-31(44)23(14-15-51-5)37-32(45)25(18-50)35-28(40)17-34-52(48,49)27-11-7-8-20-21(27)9-6-10-26(20)39(3)4/h6-11,19,22-25,34,50H,12-18H2,1-5H3,(H,35,40)(H,36,44)(H,37,45)(H,38,43)(H,41,42)(H,46,47)/t22-,23-,24-,25-/m0/s1. The van der Waals surface area contributed by atoms with Crippen molar-refractivity contribution in [3.63, 3.8) is 0 Å². The van der Waals surface area contributed by atoms with Crippen molar-refractivity contribution in [2.45, 2.75) is 68.6 Å². The van der Waals surface area contributed by atoms with Gasteiger partial charge in [0, 0.05) is 42.7 Å². The van der Waals surface area contributed by atoms with Crippen LogP contribution < -0.4 is 30.9 Å². The van der Waals surface area contributed by atoms with Gasteiger partial charge in [0.15, 0.2) is 0 Å². The first-order valence-electron chi connectivity index (χ1n) is 16.3. The number of aliphatic carboxylic acids is 2. The second kappa shape index (κ2) is 20.8. The lowest BCUT2D eigenvalue weighted by molar-refractivity contribution is -0.143. The zero-order chi connectivity index (χ0) is 39.2. The van der Waals surface area contributed by atoms with Crippen LogP contribution in [0, 0.1) is 5.92 Å². The van der Waals surface area contributed by atoms with E-state index in [1.807, 2.05) is 25.1 Å². The lowest BCUT2D eigenvalue weighted by Gasteiger charge is -2.26. The molecule has 0 saturated heterocycles. The zero-order valence-electron chi connectivity index (χ0n) is 29.7.